The monoisotopic (exact) mass is 158 g/mol. The van der Waals surface area contributed by atoms with Gasteiger partial charge in [0.1, 0.15) is 6.54 Å². The summed E-state index contributed by atoms with van der Waals surface area (Å²) >= 11 is 4.73. The number of hydrogen-bond donors (Lipinski definition) is 2. The zero-order valence-corrected chi connectivity index (χ0v) is 6.83. The number of rotatable bonds is 0. The van der Waals surface area contributed by atoms with Crippen molar-refractivity contribution in [3.05, 3.63) is 0 Å². The molecule has 1 aliphatic rings. The predicted molar refractivity (Wildman–Crippen MR) is 39.9 cm³/mol. The number of nitrogens with zero attached hydrogens (tertiary/aromatic N) is 2. The van der Waals surface area contributed by atoms with Crippen LogP contribution in [-0.2, 0) is 12.8 Å². The molecule has 0 saturated carbocycles. The predicted octanol–water partition coefficient (Wildman–Crippen LogP) is 0.230. The van der Waals surface area contributed by atoms with E-state index in [9.17, 15) is 0 Å². The van der Waals surface area contributed by atoms with E-state index in [1.807, 2.05) is 13.8 Å². The molecule has 56 valence electrons. The van der Waals surface area contributed by atoms with E-state index in [1.165, 1.54) is 4.10 Å². The van der Waals surface area contributed by atoms with Crippen LogP contribution in [-0.4, -0.2) is 21.9 Å². The fraction of sp³-hybridized carbons (Fsp3) is 0.800. The fourth-order valence-electron chi connectivity index (χ4n) is 0.617. The van der Waals surface area contributed by atoms with Crippen molar-refractivity contribution in [1.82, 2.24) is 5.43 Å². The quantitative estimate of drug-likeness (QED) is 0.391. The van der Waals surface area contributed by atoms with Crippen LogP contribution >= 0.6 is 0 Å². The summed E-state index contributed by atoms with van der Waals surface area (Å²) in [6, 6.07) is 0. The largest absolute Gasteiger partial charge is 0.533 e. The summed E-state index contributed by atoms with van der Waals surface area (Å²) in [5.74, 6) is 0. The van der Waals surface area contributed by atoms with E-state index in [-0.39, 0.29) is 5.54 Å². The third kappa shape index (κ3) is 1.23. The molecule has 0 aliphatic carbocycles. The minimum Gasteiger partial charge on any atom is -0.533 e. The van der Waals surface area contributed by atoms with Crippen molar-refractivity contribution < 1.29 is 4.10 Å². The van der Waals surface area contributed by atoms with E-state index in [0.717, 1.165) is 0 Å². The van der Waals surface area contributed by atoms with Crippen LogP contribution in [0.2, 0.25) is 0 Å². The standard InChI is InChI=1S/C5H10N4S/c1-5(2)4(6)3-9(10)8-7-5/h6-7H,3H2,1-2H3. The van der Waals surface area contributed by atoms with Crippen LogP contribution in [0.5, 0.6) is 0 Å². The lowest BCUT2D eigenvalue weighted by molar-refractivity contribution is -0.422. The Morgan fingerprint density at radius 2 is 2.40 bits per heavy atom. The van der Waals surface area contributed by atoms with Gasteiger partial charge < -0.3 is 18.2 Å². The van der Waals surface area contributed by atoms with Gasteiger partial charge in [-0.3, -0.25) is 4.10 Å². The first-order chi connectivity index (χ1) is 4.52. The lowest BCUT2D eigenvalue weighted by atomic mass is 9.99. The molecule has 1 aliphatic heterocycles. The smallest absolute Gasteiger partial charge is 0.160 e. The van der Waals surface area contributed by atoms with Gasteiger partial charge >= 0.3 is 0 Å². The summed E-state index contributed by atoms with van der Waals surface area (Å²) in [7, 11) is 0. The number of hydrogen-bond acceptors (Lipinski definition) is 4. The molecule has 0 aromatic carbocycles. The average molecular weight is 158 g/mol. The van der Waals surface area contributed by atoms with Gasteiger partial charge in [0.05, 0.1) is 10.9 Å². The third-order valence-electron chi connectivity index (χ3n) is 1.49. The summed E-state index contributed by atoms with van der Waals surface area (Å²) in [5, 5.41) is 11.3. The van der Waals surface area contributed by atoms with Gasteiger partial charge in [-0.15, -0.1) is 0 Å². The Kier molecular flexibility index (Phi) is 1.60. The highest BCUT2D eigenvalue weighted by molar-refractivity contribution is 7.51. The van der Waals surface area contributed by atoms with E-state index in [4.69, 9.17) is 18.2 Å². The van der Waals surface area contributed by atoms with E-state index in [2.05, 4.69) is 10.6 Å². The molecule has 0 atom stereocenters. The molecule has 0 bridgehead atoms. The maximum atomic E-state index is 7.49. The molecule has 0 spiro atoms. The Labute approximate surface area is 65.3 Å². The minimum atomic E-state index is -0.324. The van der Waals surface area contributed by atoms with E-state index in [0.29, 0.717) is 12.3 Å². The van der Waals surface area contributed by atoms with Gasteiger partial charge in [0, 0.05) is 0 Å². The summed E-state index contributed by atoms with van der Waals surface area (Å²) in [4.78, 5) is 0. The lowest BCUT2D eigenvalue weighted by Crippen LogP contribution is -2.50. The van der Waals surface area contributed by atoms with Gasteiger partial charge in [-0.25, -0.2) is 0 Å². The molecule has 5 heteroatoms. The summed E-state index contributed by atoms with van der Waals surface area (Å²) in [5.41, 5.74) is 3.02. The molecule has 2 N–H and O–H groups in total. The van der Waals surface area contributed by atoms with Gasteiger partial charge in [0.15, 0.2) is 5.54 Å². The van der Waals surface area contributed by atoms with Crippen LogP contribution in [0.25, 0.3) is 0 Å². The second-order valence-electron chi connectivity index (χ2n) is 2.83. The van der Waals surface area contributed by atoms with E-state index in [1.54, 1.807) is 0 Å². The normalized spacial score (nSPS) is 23.4. The van der Waals surface area contributed by atoms with Crippen LogP contribution in [0.3, 0.4) is 0 Å². The zero-order chi connectivity index (χ0) is 7.78. The zero-order valence-electron chi connectivity index (χ0n) is 6.01. The highest BCUT2D eigenvalue weighted by Gasteiger charge is 2.31. The molecular weight excluding hydrogens is 148 g/mol. The molecule has 0 unspecified atom stereocenters. The number of nitrogens with one attached hydrogen (secondary N) is 2. The minimum absolute atomic E-state index is 0.324. The first kappa shape index (κ1) is 7.40. The van der Waals surface area contributed by atoms with Gasteiger partial charge in [-0.05, 0) is 13.8 Å². The van der Waals surface area contributed by atoms with Crippen LogP contribution in [0.1, 0.15) is 13.8 Å². The molecule has 1 rings (SSSR count). The van der Waals surface area contributed by atoms with Gasteiger partial charge in [-0.1, -0.05) is 0 Å². The van der Waals surface area contributed by atoms with Crippen molar-refractivity contribution in [3.63, 3.8) is 0 Å². The molecule has 0 amide bonds. The van der Waals surface area contributed by atoms with Gasteiger partial charge in [0.25, 0.3) is 0 Å². The highest BCUT2D eigenvalue weighted by Crippen LogP contribution is 2.07. The maximum absolute atomic E-state index is 7.49. The summed E-state index contributed by atoms with van der Waals surface area (Å²) in [6.45, 7) is 4.25. The Balaban J connectivity index is 2.80. The fourth-order valence-corrected chi connectivity index (χ4v) is 0.786. The van der Waals surface area contributed by atoms with Crippen LogP contribution in [0.4, 0.5) is 0 Å². The van der Waals surface area contributed by atoms with E-state index >= 15 is 0 Å². The lowest BCUT2D eigenvalue weighted by Gasteiger charge is -2.25. The Morgan fingerprint density at radius 3 is 2.80 bits per heavy atom. The van der Waals surface area contributed by atoms with Crippen molar-refractivity contribution in [2.45, 2.75) is 19.4 Å². The maximum Gasteiger partial charge on any atom is 0.160 e. The van der Waals surface area contributed by atoms with E-state index < -0.39 is 0 Å². The molecule has 4 nitrogen and oxygen atoms in total. The Morgan fingerprint density at radius 1 is 1.80 bits per heavy atom. The molecule has 0 radical (unpaired) electrons. The third-order valence-corrected chi connectivity index (χ3v) is 1.70. The molecule has 1 heterocycles. The SMILES string of the molecule is CC1(C)NN=[N+]([S-])CC1=N. The molecular formula is C5H10N4S. The molecule has 0 aromatic rings. The molecule has 0 fully saturated rings. The molecule has 0 saturated heterocycles. The van der Waals surface area contributed by atoms with Gasteiger partial charge in [0.2, 0.25) is 0 Å². The van der Waals surface area contributed by atoms with Crippen LogP contribution in [0.15, 0.2) is 5.22 Å². The average Bonchev–Trinajstić information content (AvgIpc) is 1.81. The molecule has 10 heavy (non-hydrogen) atoms. The van der Waals surface area contributed by atoms with Gasteiger partial charge in [-0.2, -0.15) is 5.43 Å². The van der Waals surface area contributed by atoms with Crippen molar-refractivity contribution in [3.8, 4) is 0 Å². The first-order valence-corrected chi connectivity index (χ1v) is 3.39. The first-order valence-electron chi connectivity index (χ1n) is 3.03. The summed E-state index contributed by atoms with van der Waals surface area (Å²) in [6.07, 6.45) is 0. The topological polar surface area (TPSA) is 51.2 Å². The van der Waals surface area contributed by atoms with Crippen molar-refractivity contribution >= 4 is 18.5 Å². The second kappa shape index (κ2) is 2.16. The highest BCUT2D eigenvalue weighted by atomic mass is 32.1. The molecule has 0 aromatic heterocycles. The van der Waals surface area contributed by atoms with Crippen molar-refractivity contribution in [2.24, 2.45) is 5.22 Å². The Bertz CT molecular complexity index is 196. The second-order valence-corrected chi connectivity index (χ2v) is 3.25. The Hall–Kier alpha value is -0.710. The van der Waals surface area contributed by atoms with Crippen LogP contribution < -0.4 is 5.43 Å². The summed E-state index contributed by atoms with van der Waals surface area (Å²) < 4.78 is 1.30. The van der Waals surface area contributed by atoms with Crippen molar-refractivity contribution in [2.75, 3.05) is 6.54 Å². The van der Waals surface area contributed by atoms with Crippen molar-refractivity contribution in [1.29, 1.82) is 5.41 Å². The van der Waals surface area contributed by atoms with Crippen LogP contribution in [0, 0.1) is 5.41 Å².